The van der Waals surface area contributed by atoms with E-state index >= 15 is 0 Å². The number of nitrogens with one attached hydrogen (secondary N) is 1. The van der Waals surface area contributed by atoms with E-state index in [9.17, 15) is 13.2 Å². The monoisotopic (exact) mass is 307 g/mol. The number of carboxylic acids is 1. The van der Waals surface area contributed by atoms with Crippen LogP contribution < -0.4 is 10.5 Å². The third kappa shape index (κ3) is 4.01. The lowest BCUT2D eigenvalue weighted by atomic mass is 10.2. The number of primary sulfonamides is 1. The zero-order valence-corrected chi connectivity index (χ0v) is 11.7. The molecule has 0 fully saturated rings. The smallest absolute Gasteiger partial charge is 0.354 e. The van der Waals surface area contributed by atoms with E-state index in [0.29, 0.717) is 12.2 Å². The average molecular weight is 307 g/mol. The summed E-state index contributed by atoms with van der Waals surface area (Å²) in [6, 6.07) is 9.08. The number of rotatable bonds is 5. The SMILES string of the molecule is NS(=O)(=O)c1ccc(NCc2ccc(C(=O)O)nc2)cc1. The highest BCUT2D eigenvalue weighted by Crippen LogP contribution is 2.13. The lowest BCUT2D eigenvalue weighted by Gasteiger charge is -2.07. The van der Waals surface area contributed by atoms with Crippen LogP contribution >= 0.6 is 0 Å². The molecule has 0 atom stereocenters. The van der Waals surface area contributed by atoms with Crippen LogP contribution in [0.3, 0.4) is 0 Å². The molecule has 0 amide bonds. The van der Waals surface area contributed by atoms with Crippen LogP contribution in [0.5, 0.6) is 0 Å². The normalized spacial score (nSPS) is 11.1. The van der Waals surface area contributed by atoms with Gasteiger partial charge < -0.3 is 10.4 Å². The van der Waals surface area contributed by atoms with Crippen molar-refractivity contribution in [3.8, 4) is 0 Å². The van der Waals surface area contributed by atoms with E-state index in [1.54, 1.807) is 18.2 Å². The quantitative estimate of drug-likeness (QED) is 0.758. The predicted octanol–water partition coefficient (Wildman–Crippen LogP) is 1.04. The van der Waals surface area contributed by atoms with E-state index in [1.807, 2.05) is 0 Å². The van der Waals surface area contributed by atoms with E-state index in [4.69, 9.17) is 10.2 Å². The molecule has 8 heteroatoms. The van der Waals surface area contributed by atoms with Gasteiger partial charge in [0, 0.05) is 18.4 Å². The molecule has 0 unspecified atom stereocenters. The fourth-order valence-electron chi connectivity index (χ4n) is 1.62. The zero-order valence-electron chi connectivity index (χ0n) is 10.9. The van der Waals surface area contributed by atoms with E-state index in [1.165, 1.54) is 24.4 Å². The molecule has 0 aliphatic carbocycles. The average Bonchev–Trinajstić information content (AvgIpc) is 2.45. The standard InChI is InChI=1S/C13H13N3O4S/c14-21(19,20)11-4-2-10(3-5-11)15-7-9-1-6-12(13(17)18)16-8-9/h1-6,8,15H,7H2,(H,17,18)(H2,14,19,20). The number of hydrogen-bond acceptors (Lipinski definition) is 5. The van der Waals surface area contributed by atoms with Crippen molar-refractivity contribution in [3.05, 3.63) is 53.9 Å². The van der Waals surface area contributed by atoms with Gasteiger partial charge in [0.2, 0.25) is 10.0 Å². The summed E-state index contributed by atoms with van der Waals surface area (Å²) in [5.41, 5.74) is 1.50. The fourth-order valence-corrected chi connectivity index (χ4v) is 2.14. The van der Waals surface area contributed by atoms with Crippen LogP contribution in [0, 0.1) is 0 Å². The van der Waals surface area contributed by atoms with Gasteiger partial charge in [-0.1, -0.05) is 6.07 Å². The molecule has 0 aliphatic rings. The van der Waals surface area contributed by atoms with Crippen LogP contribution in [0.25, 0.3) is 0 Å². The summed E-state index contributed by atoms with van der Waals surface area (Å²) in [7, 11) is -3.69. The molecule has 1 aromatic carbocycles. The minimum absolute atomic E-state index is 0.0174. The maximum absolute atomic E-state index is 11.1. The van der Waals surface area contributed by atoms with Crippen molar-refractivity contribution in [2.75, 3.05) is 5.32 Å². The summed E-state index contributed by atoms with van der Waals surface area (Å²) in [4.78, 5) is 14.5. The molecule has 0 aliphatic heterocycles. The minimum atomic E-state index is -3.69. The van der Waals surface area contributed by atoms with Gasteiger partial charge in [-0.25, -0.2) is 23.3 Å². The first kappa shape index (κ1) is 14.9. The molecule has 2 rings (SSSR count). The Morgan fingerprint density at radius 2 is 1.86 bits per heavy atom. The Balaban J connectivity index is 2.01. The maximum atomic E-state index is 11.1. The highest BCUT2D eigenvalue weighted by atomic mass is 32.2. The topological polar surface area (TPSA) is 122 Å². The van der Waals surface area contributed by atoms with Crippen LogP contribution in [0.2, 0.25) is 0 Å². The maximum Gasteiger partial charge on any atom is 0.354 e. The predicted molar refractivity (Wildman–Crippen MR) is 76.3 cm³/mol. The third-order valence-electron chi connectivity index (χ3n) is 2.72. The first-order valence-electron chi connectivity index (χ1n) is 5.91. The number of hydrogen-bond donors (Lipinski definition) is 3. The number of anilines is 1. The van der Waals surface area contributed by atoms with E-state index in [-0.39, 0.29) is 10.6 Å². The highest BCUT2D eigenvalue weighted by Gasteiger charge is 2.07. The van der Waals surface area contributed by atoms with E-state index < -0.39 is 16.0 Å². The largest absolute Gasteiger partial charge is 0.477 e. The summed E-state index contributed by atoms with van der Waals surface area (Å²) >= 11 is 0. The van der Waals surface area contributed by atoms with Crippen LogP contribution in [0.1, 0.15) is 16.1 Å². The van der Waals surface area contributed by atoms with Crippen molar-refractivity contribution in [2.45, 2.75) is 11.4 Å². The minimum Gasteiger partial charge on any atom is -0.477 e. The number of sulfonamides is 1. The van der Waals surface area contributed by atoms with Gasteiger partial charge in [0.1, 0.15) is 5.69 Å². The molecule has 1 aromatic heterocycles. The Hall–Kier alpha value is -2.45. The zero-order chi connectivity index (χ0) is 15.5. The molecular formula is C13H13N3O4S. The first-order valence-corrected chi connectivity index (χ1v) is 7.46. The molecule has 110 valence electrons. The number of nitrogens with zero attached hydrogens (tertiary/aromatic N) is 1. The van der Waals surface area contributed by atoms with Gasteiger partial charge >= 0.3 is 5.97 Å². The molecule has 0 bridgehead atoms. The second kappa shape index (κ2) is 5.90. The highest BCUT2D eigenvalue weighted by molar-refractivity contribution is 7.89. The van der Waals surface area contributed by atoms with Crippen molar-refractivity contribution in [1.29, 1.82) is 0 Å². The molecule has 2 aromatic rings. The lowest BCUT2D eigenvalue weighted by Crippen LogP contribution is -2.12. The molecule has 0 radical (unpaired) electrons. The molecule has 0 saturated heterocycles. The number of benzene rings is 1. The van der Waals surface area contributed by atoms with Gasteiger partial charge in [-0.3, -0.25) is 0 Å². The number of pyridine rings is 1. The van der Waals surface area contributed by atoms with Gasteiger partial charge in [-0.15, -0.1) is 0 Å². The second-order valence-electron chi connectivity index (χ2n) is 4.28. The lowest BCUT2D eigenvalue weighted by molar-refractivity contribution is 0.0690. The molecular weight excluding hydrogens is 294 g/mol. The van der Waals surface area contributed by atoms with Gasteiger partial charge in [-0.05, 0) is 35.9 Å². The number of carboxylic acid groups (broad SMARTS) is 1. The van der Waals surface area contributed by atoms with Crippen LogP contribution in [-0.2, 0) is 16.6 Å². The van der Waals surface area contributed by atoms with Crippen molar-refractivity contribution in [3.63, 3.8) is 0 Å². The number of aromatic nitrogens is 1. The van der Waals surface area contributed by atoms with Crippen LogP contribution in [-0.4, -0.2) is 24.5 Å². The van der Waals surface area contributed by atoms with E-state index in [2.05, 4.69) is 10.3 Å². The second-order valence-corrected chi connectivity index (χ2v) is 5.84. The van der Waals surface area contributed by atoms with Crippen molar-refractivity contribution < 1.29 is 18.3 Å². The molecule has 0 saturated carbocycles. The van der Waals surface area contributed by atoms with Crippen LogP contribution in [0.15, 0.2) is 47.5 Å². The number of aromatic carboxylic acids is 1. The van der Waals surface area contributed by atoms with Crippen molar-refractivity contribution in [1.82, 2.24) is 4.98 Å². The summed E-state index contributed by atoms with van der Waals surface area (Å²) < 4.78 is 22.2. The third-order valence-corrected chi connectivity index (χ3v) is 3.65. The number of carbonyl (C=O) groups is 1. The van der Waals surface area contributed by atoms with Gasteiger partial charge in [0.15, 0.2) is 0 Å². The summed E-state index contributed by atoms with van der Waals surface area (Å²) in [5.74, 6) is -1.08. The van der Waals surface area contributed by atoms with Gasteiger partial charge in [0.05, 0.1) is 4.90 Å². The molecule has 4 N–H and O–H groups in total. The Morgan fingerprint density at radius 1 is 1.19 bits per heavy atom. The van der Waals surface area contributed by atoms with Crippen LogP contribution in [0.4, 0.5) is 5.69 Å². The fraction of sp³-hybridized carbons (Fsp3) is 0.0769. The Labute approximate surface area is 121 Å². The number of nitrogens with two attached hydrogens (primary N) is 1. The summed E-state index contributed by atoms with van der Waals surface area (Å²) in [6.45, 7) is 0.432. The molecule has 21 heavy (non-hydrogen) atoms. The van der Waals surface area contributed by atoms with Gasteiger partial charge in [-0.2, -0.15) is 0 Å². The first-order chi connectivity index (χ1) is 9.86. The van der Waals surface area contributed by atoms with Gasteiger partial charge in [0.25, 0.3) is 0 Å². The van der Waals surface area contributed by atoms with E-state index in [0.717, 1.165) is 5.56 Å². The Kier molecular flexibility index (Phi) is 4.20. The summed E-state index contributed by atoms with van der Waals surface area (Å²) in [6.07, 6.45) is 1.47. The molecule has 0 spiro atoms. The van der Waals surface area contributed by atoms with Crippen molar-refractivity contribution in [2.24, 2.45) is 5.14 Å². The van der Waals surface area contributed by atoms with Crippen molar-refractivity contribution >= 4 is 21.7 Å². The Morgan fingerprint density at radius 3 is 2.33 bits per heavy atom. The summed E-state index contributed by atoms with van der Waals surface area (Å²) in [5, 5.41) is 16.8. The molecule has 7 nitrogen and oxygen atoms in total. The molecule has 1 heterocycles. The Bertz CT molecular complexity index is 740.